The summed E-state index contributed by atoms with van der Waals surface area (Å²) in [5.41, 5.74) is 1.12. The topological polar surface area (TPSA) is 20.3 Å². The van der Waals surface area contributed by atoms with Crippen LogP contribution in [0, 0.1) is 0 Å². The van der Waals surface area contributed by atoms with Crippen molar-refractivity contribution in [3.8, 4) is 0 Å². The van der Waals surface area contributed by atoms with Gasteiger partial charge in [0.05, 0.1) is 0 Å². The summed E-state index contributed by atoms with van der Waals surface area (Å²) in [7, 11) is 0. The Bertz CT molecular complexity index is 467. The van der Waals surface area contributed by atoms with Gasteiger partial charge in [-0.15, -0.1) is 0 Å². The van der Waals surface area contributed by atoms with E-state index >= 15 is 0 Å². The van der Waals surface area contributed by atoms with Gasteiger partial charge in [0, 0.05) is 0 Å². The van der Waals surface area contributed by atoms with Crippen LogP contribution in [-0.4, -0.2) is 44.8 Å². The minimum absolute atomic E-state index is 0.298. The third kappa shape index (κ3) is 3.61. The van der Waals surface area contributed by atoms with Crippen molar-refractivity contribution in [1.29, 1.82) is 0 Å². The summed E-state index contributed by atoms with van der Waals surface area (Å²) >= 11 is -0.359. The first-order valence-electron chi connectivity index (χ1n) is 7.00. The average molecular weight is 371 g/mol. The predicted molar refractivity (Wildman–Crippen MR) is 80.6 cm³/mol. The van der Waals surface area contributed by atoms with E-state index in [1.54, 1.807) is 0 Å². The maximum atomic E-state index is 12.1. The molecule has 0 spiro atoms. The second-order valence-corrected chi connectivity index (χ2v) is 8.09. The zero-order valence-corrected chi connectivity index (χ0v) is 14.0. The van der Waals surface area contributed by atoms with E-state index in [2.05, 4.69) is 44.2 Å². The average Bonchev–Trinajstić information content (AvgIpc) is 2.45. The van der Waals surface area contributed by atoms with Gasteiger partial charge in [0.2, 0.25) is 0 Å². The summed E-state index contributed by atoms with van der Waals surface area (Å²) in [5.74, 6) is 0.298. The van der Waals surface area contributed by atoms with E-state index in [1.807, 2.05) is 4.90 Å². The van der Waals surface area contributed by atoms with Crippen LogP contribution in [0.5, 0.6) is 0 Å². The Kier molecular flexibility index (Phi) is 5.48. The summed E-state index contributed by atoms with van der Waals surface area (Å²) in [6.07, 6.45) is 3.30. The normalized spacial score (nSPS) is 17.4. The molecule has 1 heterocycles. The molecule has 0 atom stereocenters. The molecular formula is C16H21NOTe. The van der Waals surface area contributed by atoms with Gasteiger partial charge in [-0.3, -0.25) is 0 Å². The summed E-state index contributed by atoms with van der Waals surface area (Å²) < 4.78 is 2.87. The Hall–Kier alpha value is -0.780. The van der Waals surface area contributed by atoms with Gasteiger partial charge in [-0.05, 0) is 0 Å². The molecule has 1 saturated heterocycles. The van der Waals surface area contributed by atoms with Crippen molar-refractivity contribution in [2.45, 2.75) is 33.1 Å². The van der Waals surface area contributed by atoms with E-state index in [0.717, 1.165) is 37.9 Å². The van der Waals surface area contributed by atoms with Crippen LogP contribution in [0.4, 0.5) is 0 Å². The Balaban J connectivity index is 2.02. The number of unbranched alkanes of at least 4 members (excludes halogenated alkanes) is 1. The van der Waals surface area contributed by atoms with Crippen molar-refractivity contribution in [2.75, 3.05) is 13.1 Å². The van der Waals surface area contributed by atoms with Gasteiger partial charge >= 0.3 is 126 Å². The fourth-order valence-corrected chi connectivity index (χ4v) is 4.99. The van der Waals surface area contributed by atoms with Crippen LogP contribution in [0.15, 0.2) is 39.5 Å². The van der Waals surface area contributed by atoms with Gasteiger partial charge in [0.1, 0.15) is 0 Å². The Morgan fingerprint density at radius 3 is 2.58 bits per heavy atom. The number of carbonyl (C=O) groups excluding carboxylic acids is 1. The molecule has 102 valence electrons. The summed E-state index contributed by atoms with van der Waals surface area (Å²) in [4.78, 5) is 14.1. The van der Waals surface area contributed by atoms with Crippen molar-refractivity contribution in [1.82, 2.24) is 4.90 Å². The monoisotopic (exact) mass is 373 g/mol. The van der Waals surface area contributed by atoms with Crippen molar-refractivity contribution >= 4 is 30.4 Å². The van der Waals surface area contributed by atoms with Crippen LogP contribution in [0.1, 0.15) is 33.1 Å². The number of likely N-dealkylation sites (tertiary alicyclic amines) is 1. The van der Waals surface area contributed by atoms with Gasteiger partial charge in [-0.1, -0.05) is 0 Å². The maximum absolute atomic E-state index is 12.1. The van der Waals surface area contributed by atoms with Gasteiger partial charge in [0.25, 0.3) is 0 Å². The van der Waals surface area contributed by atoms with Gasteiger partial charge in [-0.2, -0.15) is 0 Å². The molecule has 0 radical (unpaired) electrons. The number of hydrogen-bond acceptors (Lipinski definition) is 1. The first-order valence-corrected chi connectivity index (χ1v) is 9.33. The number of hydrogen-bond donors (Lipinski definition) is 0. The van der Waals surface area contributed by atoms with Crippen molar-refractivity contribution in [3.05, 3.63) is 39.5 Å². The molecule has 1 amide bonds. The molecule has 2 rings (SSSR count). The van der Waals surface area contributed by atoms with Gasteiger partial charge in [0.15, 0.2) is 0 Å². The summed E-state index contributed by atoms with van der Waals surface area (Å²) in [6, 6.07) is 10.6. The molecule has 19 heavy (non-hydrogen) atoms. The van der Waals surface area contributed by atoms with E-state index in [-0.39, 0.29) is 20.9 Å². The zero-order chi connectivity index (χ0) is 13.7. The van der Waals surface area contributed by atoms with Gasteiger partial charge < -0.3 is 0 Å². The Morgan fingerprint density at radius 1 is 1.26 bits per heavy atom. The van der Waals surface area contributed by atoms with Crippen LogP contribution >= 0.6 is 0 Å². The first-order chi connectivity index (χ1) is 9.26. The predicted octanol–water partition coefficient (Wildman–Crippen LogP) is 2.32. The van der Waals surface area contributed by atoms with Crippen LogP contribution in [0.25, 0.3) is 0 Å². The molecule has 1 aliphatic rings. The fraction of sp³-hybridized carbons (Fsp3) is 0.438. The molecular weight excluding hydrogens is 350 g/mol. The Morgan fingerprint density at radius 2 is 2.00 bits per heavy atom. The van der Waals surface area contributed by atoms with E-state index in [9.17, 15) is 4.79 Å². The number of nitrogens with zero attached hydrogens (tertiary/aromatic N) is 1. The van der Waals surface area contributed by atoms with Crippen LogP contribution in [0.2, 0.25) is 0 Å². The molecule has 1 aliphatic heterocycles. The second-order valence-electron chi connectivity index (χ2n) is 4.75. The molecule has 0 unspecified atom stereocenters. The number of β-lactam (4-membered cyclic amide) rings is 1. The van der Waals surface area contributed by atoms with E-state index in [4.69, 9.17) is 0 Å². The van der Waals surface area contributed by atoms with E-state index in [0.29, 0.717) is 5.91 Å². The minimum atomic E-state index is -0.359. The summed E-state index contributed by atoms with van der Waals surface area (Å²) in [5, 5.41) is 0. The number of rotatable bonds is 6. The first kappa shape index (κ1) is 14.6. The van der Waals surface area contributed by atoms with E-state index in [1.165, 1.54) is 7.23 Å². The molecule has 1 fully saturated rings. The third-order valence-electron chi connectivity index (χ3n) is 3.32. The molecule has 1 aromatic carbocycles. The standard InChI is InChI=1S/C16H21NOTe/c1-3-5-11-17-12-14(16(17)18)15(4-2)19-13-9-7-6-8-10-13/h6-10H,3-5,11-12H2,1-2H3/b15-14+. The number of allylic oxidation sites excluding steroid dienone is 1. The Labute approximate surface area is 126 Å². The molecule has 0 bridgehead atoms. The van der Waals surface area contributed by atoms with Crippen molar-refractivity contribution in [2.24, 2.45) is 0 Å². The van der Waals surface area contributed by atoms with Crippen LogP contribution < -0.4 is 3.61 Å². The molecule has 2 nitrogen and oxygen atoms in total. The van der Waals surface area contributed by atoms with Crippen molar-refractivity contribution in [3.63, 3.8) is 0 Å². The van der Waals surface area contributed by atoms with Crippen LogP contribution in [-0.2, 0) is 4.79 Å². The molecule has 1 aromatic rings. The molecule has 3 heteroatoms. The third-order valence-corrected chi connectivity index (χ3v) is 7.00. The summed E-state index contributed by atoms with van der Waals surface area (Å²) in [6.45, 7) is 6.17. The van der Waals surface area contributed by atoms with Gasteiger partial charge in [-0.25, -0.2) is 0 Å². The number of carbonyl (C=O) groups is 1. The fourth-order valence-electron chi connectivity index (χ4n) is 2.14. The van der Waals surface area contributed by atoms with Crippen LogP contribution in [0.3, 0.4) is 0 Å². The number of benzene rings is 1. The molecule has 0 aromatic heterocycles. The number of amides is 1. The molecule has 0 aliphatic carbocycles. The second kappa shape index (κ2) is 7.12. The zero-order valence-electron chi connectivity index (χ0n) is 11.7. The SMILES string of the molecule is CCCCN1C/C(=C(/CC)[Te]c2ccccc2)C1=O. The molecule has 0 N–H and O–H groups in total. The molecule has 0 saturated carbocycles. The van der Waals surface area contributed by atoms with Crippen molar-refractivity contribution < 1.29 is 4.79 Å². The van der Waals surface area contributed by atoms with E-state index < -0.39 is 0 Å². The quantitative estimate of drug-likeness (QED) is 0.427.